The molecular formula is C14H18N2O3. The summed E-state index contributed by atoms with van der Waals surface area (Å²) in [5.74, 6) is -1.00. The van der Waals surface area contributed by atoms with Crippen LogP contribution in [0.15, 0.2) is 24.3 Å². The van der Waals surface area contributed by atoms with Crippen LogP contribution >= 0.6 is 0 Å². The molecule has 1 aromatic rings. The highest BCUT2D eigenvalue weighted by Crippen LogP contribution is 2.31. The molecule has 0 bridgehead atoms. The van der Waals surface area contributed by atoms with Crippen LogP contribution in [0.4, 0.5) is 0 Å². The van der Waals surface area contributed by atoms with E-state index in [0.717, 1.165) is 24.8 Å². The van der Waals surface area contributed by atoms with E-state index < -0.39 is 5.97 Å². The Balaban J connectivity index is 1.81. The molecule has 0 spiro atoms. The maximum Gasteiger partial charge on any atom is 0.335 e. The van der Waals surface area contributed by atoms with Gasteiger partial charge in [0.15, 0.2) is 0 Å². The summed E-state index contributed by atoms with van der Waals surface area (Å²) >= 11 is 0. The molecule has 102 valence electrons. The smallest absolute Gasteiger partial charge is 0.335 e. The lowest BCUT2D eigenvalue weighted by molar-refractivity contribution is -0.123. The lowest BCUT2D eigenvalue weighted by Gasteiger charge is -2.37. The molecule has 0 heterocycles. The monoisotopic (exact) mass is 262 g/mol. The van der Waals surface area contributed by atoms with Crippen LogP contribution in [0.1, 0.15) is 41.6 Å². The van der Waals surface area contributed by atoms with Crippen molar-refractivity contribution in [2.45, 2.75) is 37.8 Å². The molecule has 5 heteroatoms. The number of nitrogens with one attached hydrogen (secondary N) is 1. The third-order valence-corrected chi connectivity index (χ3v) is 3.55. The molecule has 5 nitrogen and oxygen atoms in total. The zero-order valence-corrected chi connectivity index (χ0v) is 10.7. The highest BCUT2D eigenvalue weighted by atomic mass is 16.4. The highest BCUT2D eigenvalue weighted by molar-refractivity contribution is 5.87. The first-order chi connectivity index (χ1) is 8.98. The number of hydrogen-bond acceptors (Lipinski definition) is 3. The number of amides is 1. The Kier molecular flexibility index (Phi) is 3.85. The number of carbonyl (C=O) groups is 2. The first kappa shape index (κ1) is 13.5. The van der Waals surface area contributed by atoms with E-state index >= 15 is 0 Å². The summed E-state index contributed by atoms with van der Waals surface area (Å²) < 4.78 is 0. The van der Waals surface area contributed by atoms with Gasteiger partial charge in [-0.05, 0) is 37.0 Å². The van der Waals surface area contributed by atoms with Crippen LogP contribution < -0.4 is 11.1 Å². The van der Waals surface area contributed by atoms with Crippen molar-refractivity contribution in [3.8, 4) is 0 Å². The van der Waals surface area contributed by atoms with Gasteiger partial charge < -0.3 is 16.2 Å². The topological polar surface area (TPSA) is 92.4 Å². The first-order valence-electron chi connectivity index (χ1n) is 6.36. The van der Waals surface area contributed by atoms with Gasteiger partial charge in [0.25, 0.3) is 0 Å². The Morgan fingerprint density at radius 2 is 1.89 bits per heavy atom. The molecule has 0 aliphatic heterocycles. The first-order valence-corrected chi connectivity index (χ1v) is 6.36. The second kappa shape index (κ2) is 5.40. The van der Waals surface area contributed by atoms with Gasteiger partial charge in [0.05, 0.1) is 5.56 Å². The van der Waals surface area contributed by atoms with E-state index in [-0.39, 0.29) is 17.0 Å². The van der Waals surface area contributed by atoms with E-state index in [9.17, 15) is 9.59 Å². The van der Waals surface area contributed by atoms with Crippen LogP contribution in [0.5, 0.6) is 0 Å². The van der Waals surface area contributed by atoms with Crippen LogP contribution in [0.2, 0.25) is 0 Å². The van der Waals surface area contributed by atoms with Gasteiger partial charge in [0.1, 0.15) is 0 Å². The average Bonchev–Trinajstić information content (AvgIpc) is 2.35. The SMILES string of the molecule is NC1(CC(=O)NCc2ccc(C(=O)O)cc2)CCC1. The lowest BCUT2D eigenvalue weighted by atomic mass is 9.75. The van der Waals surface area contributed by atoms with Gasteiger partial charge in [0.2, 0.25) is 5.91 Å². The molecule has 1 saturated carbocycles. The Morgan fingerprint density at radius 3 is 2.37 bits per heavy atom. The quantitative estimate of drug-likeness (QED) is 0.745. The predicted molar refractivity (Wildman–Crippen MR) is 70.6 cm³/mol. The van der Waals surface area contributed by atoms with Gasteiger partial charge in [-0.15, -0.1) is 0 Å². The van der Waals surface area contributed by atoms with E-state index in [1.54, 1.807) is 12.1 Å². The Hall–Kier alpha value is -1.88. The number of carboxylic acids is 1. The Morgan fingerprint density at radius 1 is 1.26 bits per heavy atom. The van der Waals surface area contributed by atoms with Gasteiger partial charge in [-0.2, -0.15) is 0 Å². The van der Waals surface area contributed by atoms with Gasteiger partial charge in [-0.3, -0.25) is 4.79 Å². The van der Waals surface area contributed by atoms with E-state index in [2.05, 4.69) is 5.32 Å². The molecule has 0 radical (unpaired) electrons. The van der Waals surface area contributed by atoms with Crippen LogP contribution in [0, 0.1) is 0 Å². The van der Waals surface area contributed by atoms with Crippen molar-refractivity contribution in [3.05, 3.63) is 35.4 Å². The Bertz CT molecular complexity index is 478. The normalized spacial score (nSPS) is 16.5. The molecule has 2 rings (SSSR count). The molecule has 4 N–H and O–H groups in total. The number of hydrogen-bond donors (Lipinski definition) is 3. The minimum Gasteiger partial charge on any atom is -0.478 e. The zero-order chi connectivity index (χ0) is 13.9. The zero-order valence-electron chi connectivity index (χ0n) is 10.7. The van der Waals surface area contributed by atoms with Crippen molar-refractivity contribution in [1.82, 2.24) is 5.32 Å². The number of carboxylic acid groups (broad SMARTS) is 1. The molecule has 1 fully saturated rings. The second-order valence-corrected chi connectivity index (χ2v) is 5.17. The minimum atomic E-state index is -0.953. The molecule has 1 aliphatic carbocycles. The number of rotatable bonds is 5. The van der Waals surface area contributed by atoms with Crippen molar-refractivity contribution >= 4 is 11.9 Å². The summed E-state index contributed by atoms with van der Waals surface area (Å²) in [7, 11) is 0. The standard InChI is InChI=1S/C14H18N2O3/c15-14(6-1-7-14)8-12(17)16-9-10-2-4-11(5-3-10)13(18)19/h2-5H,1,6-9,15H2,(H,16,17)(H,18,19). The maximum absolute atomic E-state index is 11.7. The van der Waals surface area contributed by atoms with Crippen molar-refractivity contribution < 1.29 is 14.7 Å². The van der Waals surface area contributed by atoms with Crippen LogP contribution in [0.25, 0.3) is 0 Å². The largest absolute Gasteiger partial charge is 0.478 e. The summed E-state index contributed by atoms with van der Waals surface area (Å²) in [6, 6.07) is 6.46. The summed E-state index contributed by atoms with van der Waals surface area (Å²) in [5.41, 5.74) is 6.81. The van der Waals surface area contributed by atoms with Crippen molar-refractivity contribution in [2.24, 2.45) is 5.73 Å². The molecule has 1 amide bonds. The number of carbonyl (C=O) groups excluding carboxylic acids is 1. The molecule has 0 saturated heterocycles. The highest BCUT2D eigenvalue weighted by Gasteiger charge is 2.34. The Labute approximate surface area is 111 Å². The van der Waals surface area contributed by atoms with Crippen molar-refractivity contribution in [3.63, 3.8) is 0 Å². The van der Waals surface area contributed by atoms with E-state index in [1.165, 1.54) is 12.1 Å². The van der Waals surface area contributed by atoms with E-state index in [1.807, 2.05) is 0 Å². The maximum atomic E-state index is 11.7. The molecule has 1 aromatic carbocycles. The summed E-state index contributed by atoms with van der Waals surface area (Å²) in [6.45, 7) is 0.398. The number of nitrogens with two attached hydrogens (primary N) is 1. The lowest BCUT2D eigenvalue weighted by Crippen LogP contribution is -2.49. The van der Waals surface area contributed by atoms with Crippen molar-refractivity contribution in [1.29, 1.82) is 0 Å². The fourth-order valence-electron chi connectivity index (χ4n) is 2.16. The summed E-state index contributed by atoms with van der Waals surface area (Å²) in [4.78, 5) is 22.4. The molecule has 1 aliphatic rings. The van der Waals surface area contributed by atoms with Crippen molar-refractivity contribution in [2.75, 3.05) is 0 Å². The third-order valence-electron chi connectivity index (χ3n) is 3.55. The number of aromatic carboxylic acids is 1. The minimum absolute atomic E-state index is 0.0514. The average molecular weight is 262 g/mol. The molecule has 0 aromatic heterocycles. The van der Waals surface area contributed by atoms with Gasteiger partial charge in [0, 0.05) is 18.5 Å². The van der Waals surface area contributed by atoms with Gasteiger partial charge in [-0.25, -0.2) is 4.79 Å². The van der Waals surface area contributed by atoms with Crippen LogP contribution in [-0.4, -0.2) is 22.5 Å². The molecule has 19 heavy (non-hydrogen) atoms. The summed E-state index contributed by atoms with van der Waals surface area (Å²) in [6.07, 6.45) is 3.28. The predicted octanol–water partition coefficient (Wildman–Crippen LogP) is 1.27. The molecule has 0 atom stereocenters. The second-order valence-electron chi connectivity index (χ2n) is 5.17. The van der Waals surface area contributed by atoms with E-state index in [4.69, 9.17) is 10.8 Å². The van der Waals surface area contributed by atoms with Gasteiger partial charge >= 0.3 is 5.97 Å². The third kappa shape index (κ3) is 3.54. The van der Waals surface area contributed by atoms with Gasteiger partial charge in [-0.1, -0.05) is 12.1 Å². The molecular weight excluding hydrogens is 244 g/mol. The fourth-order valence-corrected chi connectivity index (χ4v) is 2.16. The van der Waals surface area contributed by atoms with Crippen LogP contribution in [-0.2, 0) is 11.3 Å². The molecule has 0 unspecified atom stereocenters. The van der Waals surface area contributed by atoms with E-state index in [0.29, 0.717) is 13.0 Å². The van der Waals surface area contributed by atoms with Crippen LogP contribution in [0.3, 0.4) is 0 Å². The fraction of sp³-hybridized carbons (Fsp3) is 0.429. The summed E-state index contributed by atoms with van der Waals surface area (Å²) in [5, 5.41) is 11.6. The number of benzene rings is 1.